The van der Waals surface area contributed by atoms with E-state index in [0.717, 1.165) is 11.3 Å². The van der Waals surface area contributed by atoms with Crippen molar-refractivity contribution in [2.75, 3.05) is 7.11 Å². The average Bonchev–Trinajstić information content (AvgIpc) is 2.54. The summed E-state index contributed by atoms with van der Waals surface area (Å²) in [5.74, 6) is -0.552. The first-order valence-corrected chi connectivity index (χ1v) is 6.46. The zero-order valence-corrected chi connectivity index (χ0v) is 11.9. The van der Waals surface area contributed by atoms with Crippen LogP contribution in [0.3, 0.4) is 0 Å². The molecule has 112 valence electrons. The summed E-state index contributed by atoms with van der Waals surface area (Å²) in [4.78, 5) is 22.4. The highest BCUT2D eigenvalue weighted by molar-refractivity contribution is 5.89. The second-order valence-electron chi connectivity index (χ2n) is 4.36. The Hall–Kier alpha value is -3.08. The van der Waals surface area contributed by atoms with Gasteiger partial charge in [0.05, 0.1) is 12.7 Å². The molecular formula is C17H14O5. The molecule has 2 aromatic rings. The van der Waals surface area contributed by atoms with Crippen LogP contribution < -0.4 is 9.47 Å². The fourth-order valence-corrected chi connectivity index (χ4v) is 1.70. The molecule has 0 aliphatic rings. The van der Waals surface area contributed by atoms with Gasteiger partial charge in [-0.1, -0.05) is 12.1 Å². The molecule has 0 spiro atoms. The van der Waals surface area contributed by atoms with E-state index >= 15 is 0 Å². The molecule has 2 rings (SSSR count). The molecule has 0 aliphatic carbocycles. The number of methoxy groups -OCH3 is 1. The molecule has 0 fully saturated rings. The molecule has 0 aliphatic heterocycles. The third-order valence-corrected chi connectivity index (χ3v) is 2.85. The van der Waals surface area contributed by atoms with Crippen LogP contribution in [0.5, 0.6) is 11.5 Å². The standard InChI is InChI=1S/C17H14O5/c1-21-14-7-2-12(3-8-14)4-11-16(18)22-15-9-5-13(6-10-15)17(19)20/h2-11H,1H3,(H,19,20)/b11-4+. The van der Waals surface area contributed by atoms with Gasteiger partial charge in [0.2, 0.25) is 0 Å². The minimum atomic E-state index is -1.03. The minimum absolute atomic E-state index is 0.133. The van der Waals surface area contributed by atoms with Crippen LogP contribution in [-0.2, 0) is 4.79 Å². The van der Waals surface area contributed by atoms with E-state index in [1.54, 1.807) is 25.3 Å². The van der Waals surface area contributed by atoms with Crippen molar-refractivity contribution in [3.05, 3.63) is 65.7 Å². The Morgan fingerprint density at radius 1 is 0.955 bits per heavy atom. The number of hydrogen-bond acceptors (Lipinski definition) is 4. The van der Waals surface area contributed by atoms with Gasteiger partial charge in [-0.05, 0) is 48.0 Å². The Kier molecular flexibility index (Phi) is 4.93. The molecule has 0 bridgehead atoms. The highest BCUT2D eigenvalue weighted by atomic mass is 16.5. The highest BCUT2D eigenvalue weighted by Crippen LogP contribution is 2.14. The van der Waals surface area contributed by atoms with E-state index in [4.69, 9.17) is 14.6 Å². The van der Waals surface area contributed by atoms with Gasteiger partial charge in [0.1, 0.15) is 11.5 Å². The topological polar surface area (TPSA) is 72.8 Å². The first kappa shape index (κ1) is 15.3. The minimum Gasteiger partial charge on any atom is -0.497 e. The first-order valence-electron chi connectivity index (χ1n) is 6.46. The molecule has 5 nitrogen and oxygen atoms in total. The monoisotopic (exact) mass is 298 g/mol. The molecule has 5 heteroatoms. The molecule has 0 heterocycles. The molecule has 0 radical (unpaired) electrons. The third-order valence-electron chi connectivity index (χ3n) is 2.85. The number of rotatable bonds is 5. The highest BCUT2D eigenvalue weighted by Gasteiger charge is 2.04. The normalized spacial score (nSPS) is 10.4. The van der Waals surface area contributed by atoms with Gasteiger partial charge in [-0.2, -0.15) is 0 Å². The van der Waals surface area contributed by atoms with E-state index in [1.807, 2.05) is 12.1 Å². The van der Waals surface area contributed by atoms with Crippen molar-refractivity contribution in [1.29, 1.82) is 0 Å². The molecule has 0 atom stereocenters. The van der Waals surface area contributed by atoms with Crippen molar-refractivity contribution >= 4 is 18.0 Å². The number of aromatic carboxylic acids is 1. The summed E-state index contributed by atoms with van der Waals surface area (Å²) in [6.07, 6.45) is 2.92. The van der Waals surface area contributed by atoms with Gasteiger partial charge < -0.3 is 14.6 Å². The number of benzene rings is 2. The SMILES string of the molecule is COc1ccc(/C=C/C(=O)Oc2ccc(C(=O)O)cc2)cc1. The van der Waals surface area contributed by atoms with Gasteiger partial charge in [0.15, 0.2) is 0 Å². The van der Waals surface area contributed by atoms with Crippen LogP contribution in [0, 0.1) is 0 Å². The number of esters is 1. The summed E-state index contributed by atoms with van der Waals surface area (Å²) in [6.45, 7) is 0. The van der Waals surface area contributed by atoms with Crippen molar-refractivity contribution in [2.24, 2.45) is 0 Å². The number of carboxylic acid groups (broad SMARTS) is 1. The van der Waals surface area contributed by atoms with E-state index in [0.29, 0.717) is 0 Å². The maximum atomic E-state index is 11.7. The van der Waals surface area contributed by atoms with Gasteiger partial charge in [-0.15, -0.1) is 0 Å². The van der Waals surface area contributed by atoms with Crippen LogP contribution in [-0.4, -0.2) is 24.2 Å². The number of ether oxygens (including phenoxy) is 2. The molecule has 0 saturated carbocycles. The van der Waals surface area contributed by atoms with E-state index in [2.05, 4.69) is 0 Å². The van der Waals surface area contributed by atoms with E-state index in [-0.39, 0.29) is 11.3 Å². The molecule has 0 unspecified atom stereocenters. The Labute approximate surface area is 127 Å². The average molecular weight is 298 g/mol. The lowest BCUT2D eigenvalue weighted by Gasteiger charge is -2.02. The smallest absolute Gasteiger partial charge is 0.336 e. The maximum absolute atomic E-state index is 11.7. The van der Waals surface area contributed by atoms with Crippen molar-refractivity contribution in [1.82, 2.24) is 0 Å². The third kappa shape index (κ3) is 4.21. The van der Waals surface area contributed by atoms with Crippen LogP contribution in [0.2, 0.25) is 0 Å². The molecule has 0 aromatic heterocycles. The van der Waals surface area contributed by atoms with Gasteiger partial charge in [0, 0.05) is 6.08 Å². The molecule has 2 aromatic carbocycles. The lowest BCUT2D eigenvalue weighted by molar-refractivity contribution is -0.128. The van der Waals surface area contributed by atoms with Crippen LogP contribution in [0.25, 0.3) is 6.08 Å². The lowest BCUT2D eigenvalue weighted by atomic mass is 10.2. The van der Waals surface area contributed by atoms with Crippen LogP contribution in [0.4, 0.5) is 0 Å². The Bertz CT molecular complexity index is 684. The second-order valence-corrected chi connectivity index (χ2v) is 4.36. The molecular weight excluding hydrogens is 284 g/mol. The predicted molar refractivity (Wildman–Crippen MR) is 81.1 cm³/mol. The fraction of sp³-hybridized carbons (Fsp3) is 0.0588. The summed E-state index contributed by atoms with van der Waals surface area (Å²) in [7, 11) is 1.58. The van der Waals surface area contributed by atoms with Crippen LogP contribution in [0.15, 0.2) is 54.6 Å². The van der Waals surface area contributed by atoms with Crippen molar-refractivity contribution in [3.8, 4) is 11.5 Å². The zero-order valence-electron chi connectivity index (χ0n) is 11.9. The number of carbonyl (C=O) groups is 2. The predicted octanol–water partition coefficient (Wildman–Crippen LogP) is 3.01. The second kappa shape index (κ2) is 7.08. The van der Waals surface area contributed by atoms with Crippen LogP contribution in [0.1, 0.15) is 15.9 Å². The Balaban J connectivity index is 1.96. The first-order chi connectivity index (χ1) is 10.6. The molecule has 22 heavy (non-hydrogen) atoms. The lowest BCUT2D eigenvalue weighted by Crippen LogP contribution is -2.04. The van der Waals surface area contributed by atoms with Crippen molar-refractivity contribution < 1.29 is 24.2 Å². The number of carboxylic acids is 1. The Morgan fingerprint density at radius 2 is 1.55 bits per heavy atom. The summed E-state index contributed by atoms with van der Waals surface area (Å²) in [5, 5.41) is 8.78. The number of carbonyl (C=O) groups excluding carboxylic acids is 1. The Morgan fingerprint density at radius 3 is 2.09 bits per heavy atom. The number of hydrogen-bond donors (Lipinski definition) is 1. The van der Waals surface area contributed by atoms with Crippen LogP contribution >= 0.6 is 0 Å². The van der Waals surface area contributed by atoms with Gasteiger partial charge in [0.25, 0.3) is 0 Å². The maximum Gasteiger partial charge on any atom is 0.336 e. The largest absolute Gasteiger partial charge is 0.497 e. The van der Waals surface area contributed by atoms with Crippen molar-refractivity contribution in [3.63, 3.8) is 0 Å². The van der Waals surface area contributed by atoms with E-state index in [9.17, 15) is 9.59 Å². The zero-order chi connectivity index (χ0) is 15.9. The summed E-state index contributed by atoms with van der Waals surface area (Å²) in [5.41, 5.74) is 0.965. The van der Waals surface area contributed by atoms with Gasteiger partial charge >= 0.3 is 11.9 Å². The van der Waals surface area contributed by atoms with Gasteiger partial charge in [-0.25, -0.2) is 9.59 Å². The molecule has 0 amide bonds. The molecule has 0 saturated heterocycles. The fourth-order valence-electron chi connectivity index (χ4n) is 1.70. The molecule has 1 N–H and O–H groups in total. The van der Waals surface area contributed by atoms with E-state index < -0.39 is 11.9 Å². The van der Waals surface area contributed by atoms with Gasteiger partial charge in [-0.3, -0.25) is 0 Å². The summed E-state index contributed by atoms with van der Waals surface area (Å²) in [6, 6.07) is 12.8. The summed E-state index contributed by atoms with van der Waals surface area (Å²) < 4.78 is 10.1. The van der Waals surface area contributed by atoms with E-state index in [1.165, 1.54) is 30.3 Å². The van der Waals surface area contributed by atoms with Crippen molar-refractivity contribution in [2.45, 2.75) is 0 Å². The summed E-state index contributed by atoms with van der Waals surface area (Å²) >= 11 is 0. The quantitative estimate of drug-likeness (QED) is 0.522.